The van der Waals surface area contributed by atoms with Crippen LogP contribution in [-0.2, 0) is 11.4 Å². The molecule has 3 N–H and O–H groups in total. The highest BCUT2D eigenvalue weighted by Gasteiger charge is 2.45. The number of hydrogen-bond acceptors (Lipinski definition) is 7. The molecule has 5 rings (SSSR count). The lowest BCUT2D eigenvalue weighted by Gasteiger charge is -2.44. The van der Waals surface area contributed by atoms with Crippen molar-refractivity contribution >= 4 is 27.4 Å². The number of anilines is 1. The van der Waals surface area contributed by atoms with Crippen molar-refractivity contribution in [2.24, 2.45) is 11.1 Å². The number of rotatable bonds is 7. The molecule has 1 aliphatic heterocycles. The van der Waals surface area contributed by atoms with Gasteiger partial charge in [-0.25, -0.2) is 5.01 Å². The van der Waals surface area contributed by atoms with Gasteiger partial charge in [0.15, 0.2) is 17.3 Å². The fourth-order valence-electron chi connectivity index (χ4n) is 5.37. The third-order valence-electron chi connectivity index (χ3n) is 7.23. The first kappa shape index (κ1) is 27.4. The maximum atomic E-state index is 13.8. The van der Waals surface area contributed by atoms with Gasteiger partial charge in [0.05, 0.1) is 36.1 Å². The molecule has 40 heavy (non-hydrogen) atoms. The lowest BCUT2D eigenvalue weighted by Crippen LogP contribution is -2.44. The zero-order valence-corrected chi connectivity index (χ0v) is 24.3. The predicted molar refractivity (Wildman–Crippen MR) is 158 cm³/mol. The van der Waals surface area contributed by atoms with Gasteiger partial charge in [0, 0.05) is 16.5 Å². The van der Waals surface area contributed by atoms with Gasteiger partial charge in [-0.2, -0.15) is 5.26 Å². The van der Waals surface area contributed by atoms with Crippen molar-refractivity contribution in [2.75, 3.05) is 12.5 Å². The minimum Gasteiger partial charge on any atom is -0.493 e. The zero-order valence-electron chi connectivity index (χ0n) is 22.7. The van der Waals surface area contributed by atoms with Crippen molar-refractivity contribution in [3.63, 3.8) is 0 Å². The van der Waals surface area contributed by atoms with E-state index in [9.17, 15) is 10.1 Å². The SMILES string of the molecule is COc1cc(C2C(C#N)=C(N)N(Nc3ccccc3)C3=C2C(=O)CC(C)(C)C3)c(Br)cc1OCc1ccccc1. The van der Waals surface area contributed by atoms with Gasteiger partial charge >= 0.3 is 0 Å². The van der Waals surface area contributed by atoms with E-state index in [1.807, 2.05) is 72.8 Å². The summed E-state index contributed by atoms with van der Waals surface area (Å²) in [5.41, 5.74) is 13.9. The van der Waals surface area contributed by atoms with Crippen LogP contribution < -0.4 is 20.6 Å². The summed E-state index contributed by atoms with van der Waals surface area (Å²) in [6.45, 7) is 4.51. The second kappa shape index (κ2) is 11.1. The molecule has 0 saturated heterocycles. The molecule has 3 aromatic carbocycles. The molecule has 0 spiro atoms. The molecule has 1 unspecified atom stereocenters. The van der Waals surface area contributed by atoms with Gasteiger partial charge in [-0.3, -0.25) is 10.2 Å². The van der Waals surface area contributed by atoms with Gasteiger partial charge in [-0.05, 0) is 47.2 Å². The largest absolute Gasteiger partial charge is 0.493 e. The first-order chi connectivity index (χ1) is 19.2. The van der Waals surface area contributed by atoms with Crippen molar-refractivity contribution < 1.29 is 14.3 Å². The number of hydrazine groups is 1. The number of benzene rings is 3. The first-order valence-electron chi connectivity index (χ1n) is 13.0. The van der Waals surface area contributed by atoms with Gasteiger partial charge in [0.1, 0.15) is 12.4 Å². The lowest BCUT2D eigenvalue weighted by atomic mass is 9.69. The topological polar surface area (TPSA) is 101 Å². The van der Waals surface area contributed by atoms with Crippen LogP contribution in [-0.4, -0.2) is 17.9 Å². The van der Waals surface area contributed by atoms with Crippen LogP contribution in [0.15, 0.2) is 99.9 Å². The number of halogens is 1. The quantitative estimate of drug-likeness (QED) is 0.308. The number of ketones is 1. The monoisotopic (exact) mass is 598 g/mol. The molecule has 0 fully saturated rings. The van der Waals surface area contributed by atoms with E-state index >= 15 is 0 Å². The summed E-state index contributed by atoms with van der Waals surface area (Å²) in [6.07, 6.45) is 0.976. The molecule has 0 radical (unpaired) electrons. The van der Waals surface area contributed by atoms with Crippen molar-refractivity contribution in [3.8, 4) is 17.6 Å². The number of ether oxygens (including phenoxy) is 2. The summed E-state index contributed by atoms with van der Waals surface area (Å²) in [7, 11) is 1.57. The molecule has 1 aliphatic carbocycles. The Morgan fingerprint density at radius 3 is 2.40 bits per heavy atom. The van der Waals surface area contributed by atoms with E-state index in [0.29, 0.717) is 46.6 Å². The Labute approximate surface area is 243 Å². The van der Waals surface area contributed by atoms with Crippen molar-refractivity contribution in [1.29, 1.82) is 5.26 Å². The molecule has 3 aromatic rings. The second-order valence-electron chi connectivity index (χ2n) is 10.8. The number of hydrogen-bond donors (Lipinski definition) is 2. The summed E-state index contributed by atoms with van der Waals surface area (Å²) >= 11 is 3.71. The van der Waals surface area contributed by atoms with E-state index in [2.05, 4.69) is 41.3 Å². The molecule has 0 saturated carbocycles. The predicted octanol–water partition coefficient (Wildman–Crippen LogP) is 6.80. The maximum absolute atomic E-state index is 13.8. The van der Waals surface area contributed by atoms with E-state index < -0.39 is 5.92 Å². The molecule has 2 aliphatic rings. The molecule has 0 amide bonds. The average molecular weight is 600 g/mol. The van der Waals surface area contributed by atoms with Crippen LogP contribution in [0.4, 0.5) is 5.69 Å². The normalized spacial score (nSPS) is 18.2. The standard InChI is InChI=1S/C32H31BrN4O3/c1-32(2)16-25-30(26(38)17-32)29(23(18-34)31(35)37(25)36-21-12-8-5-9-13-21)22-14-27(39-3)28(15-24(22)33)40-19-20-10-6-4-7-11-20/h4-15,29,36H,16-17,19,35H2,1-3H3. The minimum atomic E-state index is -0.663. The number of carbonyl (C=O) groups excluding carboxylic acids is 1. The van der Waals surface area contributed by atoms with Crippen LogP contribution in [0.1, 0.15) is 43.7 Å². The Kier molecular flexibility index (Phi) is 7.59. The van der Waals surface area contributed by atoms with Gasteiger partial charge in [-0.15, -0.1) is 0 Å². The maximum Gasteiger partial charge on any atom is 0.162 e. The Bertz CT molecular complexity index is 1540. The highest BCUT2D eigenvalue weighted by atomic mass is 79.9. The molecular formula is C32H31BrN4O3. The highest BCUT2D eigenvalue weighted by Crippen LogP contribution is 2.51. The molecule has 8 heteroatoms. The van der Waals surface area contributed by atoms with Gasteiger partial charge in [0.2, 0.25) is 0 Å². The highest BCUT2D eigenvalue weighted by molar-refractivity contribution is 9.10. The van der Waals surface area contributed by atoms with E-state index in [0.717, 1.165) is 16.9 Å². The number of Topliss-reactive ketones (excluding diaryl/α,β-unsaturated/α-hetero) is 1. The number of nitriles is 1. The fourth-order valence-corrected chi connectivity index (χ4v) is 5.92. The number of para-hydroxylation sites is 1. The molecule has 1 heterocycles. The molecule has 204 valence electrons. The van der Waals surface area contributed by atoms with E-state index in [4.69, 9.17) is 15.2 Å². The Balaban J connectivity index is 1.61. The Hall–Kier alpha value is -4.22. The van der Waals surface area contributed by atoms with Crippen molar-refractivity contribution in [3.05, 3.63) is 111 Å². The number of carbonyl (C=O) groups is 1. The second-order valence-corrected chi connectivity index (χ2v) is 11.6. The molecule has 7 nitrogen and oxygen atoms in total. The van der Waals surface area contributed by atoms with E-state index in [-0.39, 0.29) is 22.6 Å². The number of nitrogens with zero attached hydrogens (tertiary/aromatic N) is 2. The van der Waals surface area contributed by atoms with E-state index in [1.165, 1.54) is 0 Å². The lowest BCUT2D eigenvalue weighted by molar-refractivity contribution is -0.118. The summed E-state index contributed by atoms with van der Waals surface area (Å²) < 4.78 is 12.5. The van der Waals surface area contributed by atoms with Crippen LogP contribution in [0.5, 0.6) is 11.5 Å². The number of allylic oxidation sites excluding steroid dienone is 3. The summed E-state index contributed by atoms with van der Waals surface area (Å²) in [4.78, 5) is 13.8. The van der Waals surface area contributed by atoms with Gasteiger partial charge < -0.3 is 15.2 Å². The number of methoxy groups -OCH3 is 1. The van der Waals surface area contributed by atoms with Crippen LogP contribution in [0, 0.1) is 16.7 Å². The third-order valence-corrected chi connectivity index (χ3v) is 7.91. The molecule has 1 atom stereocenters. The summed E-state index contributed by atoms with van der Waals surface area (Å²) in [6, 6.07) is 25.4. The fraction of sp³-hybridized carbons (Fsp3) is 0.250. The first-order valence-corrected chi connectivity index (χ1v) is 13.8. The van der Waals surface area contributed by atoms with E-state index in [1.54, 1.807) is 12.1 Å². The molecular weight excluding hydrogens is 568 g/mol. The Morgan fingerprint density at radius 2 is 1.75 bits per heavy atom. The number of nitrogens with one attached hydrogen (secondary N) is 1. The van der Waals surface area contributed by atoms with Crippen molar-refractivity contribution in [1.82, 2.24) is 5.01 Å². The van der Waals surface area contributed by atoms with Gasteiger partial charge in [0.25, 0.3) is 0 Å². The Morgan fingerprint density at radius 1 is 1.07 bits per heavy atom. The molecule has 0 bridgehead atoms. The van der Waals surface area contributed by atoms with Crippen LogP contribution in [0.3, 0.4) is 0 Å². The molecule has 0 aromatic heterocycles. The van der Waals surface area contributed by atoms with Gasteiger partial charge in [-0.1, -0.05) is 78.3 Å². The zero-order chi connectivity index (χ0) is 28.4. The minimum absolute atomic E-state index is 0.00775. The summed E-state index contributed by atoms with van der Waals surface area (Å²) in [5, 5.41) is 12.1. The number of nitrogens with two attached hydrogens (primary N) is 1. The van der Waals surface area contributed by atoms with Crippen LogP contribution in [0.2, 0.25) is 0 Å². The smallest absolute Gasteiger partial charge is 0.162 e. The summed E-state index contributed by atoms with van der Waals surface area (Å²) in [5.74, 6) is 0.637. The average Bonchev–Trinajstić information content (AvgIpc) is 2.94. The van der Waals surface area contributed by atoms with Crippen LogP contribution >= 0.6 is 15.9 Å². The third kappa shape index (κ3) is 5.30. The van der Waals surface area contributed by atoms with Crippen molar-refractivity contribution in [2.45, 2.75) is 39.2 Å². The van der Waals surface area contributed by atoms with Crippen LogP contribution in [0.25, 0.3) is 0 Å².